The molecule has 2 aliphatic rings. The molecule has 0 aliphatic carbocycles. The molecule has 0 spiro atoms. The number of esters is 1. The first-order chi connectivity index (χ1) is 28.5. The van der Waals surface area contributed by atoms with E-state index >= 15 is 0 Å². The van der Waals surface area contributed by atoms with Crippen molar-refractivity contribution < 1.29 is 56.1 Å². The number of aromatic nitrogens is 1. The molecule has 0 radical (unpaired) electrons. The molecule has 320 valence electrons. The lowest BCUT2D eigenvalue weighted by atomic mass is 9.84. The minimum atomic E-state index is -3.52. The van der Waals surface area contributed by atoms with Crippen LogP contribution in [0.3, 0.4) is 0 Å². The second-order valence-corrected chi connectivity index (χ2v) is 16.4. The van der Waals surface area contributed by atoms with E-state index < -0.39 is 58.7 Å². The second kappa shape index (κ2) is 19.3. The number of hydrogen-bond acceptors (Lipinski definition) is 13. The van der Waals surface area contributed by atoms with Crippen LogP contribution in [0.2, 0.25) is 0 Å². The van der Waals surface area contributed by atoms with E-state index in [0.717, 1.165) is 16.5 Å². The number of primary amides is 1. The van der Waals surface area contributed by atoms with E-state index in [0.29, 0.717) is 52.1 Å². The average Bonchev–Trinajstić information content (AvgIpc) is 3.55. The minimum absolute atomic E-state index is 0.0481. The van der Waals surface area contributed by atoms with E-state index in [1.165, 1.54) is 15.5 Å². The maximum atomic E-state index is 13.6. The highest BCUT2D eigenvalue weighted by atomic mass is 32.2. The Morgan fingerprint density at radius 3 is 2.45 bits per heavy atom. The molecule has 0 fully saturated rings. The molecule has 60 heavy (non-hydrogen) atoms. The minimum Gasteiger partial charge on any atom is -0.458 e. The first-order valence-electron chi connectivity index (χ1n) is 19.0. The Balaban J connectivity index is 1.34. The third-order valence-electron chi connectivity index (χ3n) is 9.90. The number of fused-ring (bicyclic) bond motifs is 2. The van der Waals surface area contributed by atoms with Gasteiger partial charge in [0.25, 0.3) is 0 Å². The number of nitrogens with two attached hydrogens (primary N) is 1. The van der Waals surface area contributed by atoms with Crippen LogP contribution in [0.15, 0.2) is 65.8 Å². The van der Waals surface area contributed by atoms with E-state index in [2.05, 4.69) is 10.6 Å². The summed E-state index contributed by atoms with van der Waals surface area (Å²) in [6.45, 7) is 5.72. The van der Waals surface area contributed by atoms with Crippen LogP contribution in [0.4, 0.5) is 10.5 Å². The summed E-state index contributed by atoms with van der Waals surface area (Å²) in [6, 6.07) is 13.4. The predicted octanol–water partition coefficient (Wildman–Crippen LogP) is 2.69. The van der Waals surface area contributed by atoms with Gasteiger partial charge < -0.3 is 40.2 Å². The van der Waals surface area contributed by atoms with Crippen molar-refractivity contribution in [3.63, 3.8) is 0 Å². The second-order valence-electron chi connectivity index (χ2n) is 14.5. The highest BCUT2D eigenvalue weighted by Crippen LogP contribution is 2.41. The van der Waals surface area contributed by atoms with Gasteiger partial charge in [0, 0.05) is 34.8 Å². The molecule has 1 aromatic heterocycles. The standard InChI is InChI=1S/C41H48N6O12S/c1-6-41(59-40(53)58-21-27-11-13-28(14-12-27)44-36(50)18-43-37(51)23-56-22-35(42)49)32(26(4)20-57-39(41)52)17-34-38-31(19-46(34)24-48)29(30-9-7-8-10-33(30)45-38)15-16-47(25(2)3)60(5,54)55/h7-14,17,24-25H,6,15-16,18-23H2,1-5H3,(H2,42,49)(H,43,51)(H,44,50)/b34-17-/t41-/m0/s1. The number of pyridine rings is 1. The lowest BCUT2D eigenvalue weighted by molar-refractivity contribution is -0.165. The molecule has 3 aromatic rings. The van der Waals surface area contributed by atoms with Crippen LogP contribution in [0.1, 0.15) is 56.5 Å². The fraction of sp³-hybridized carbons (Fsp3) is 0.390. The van der Waals surface area contributed by atoms with Crippen LogP contribution < -0.4 is 16.4 Å². The van der Waals surface area contributed by atoms with Gasteiger partial charge in [0.2, 0.25) is 39.8 Å². The highest BCUT2D eigenvalue weighted by Gasteiger charge is 2.50. The van der Waals surface area contributed by atoms with Gasteiger partial charge in [-0.15, -0.1) is 0 Å². The van der Waals surface area contributed by atoms with E-state index in [4.69, 9.17) is 29.7 Å². The number of nitrogens with zero attached hydrogens (tertiary/aromatic N) is 3. The number of nitrogens with one attached hydrogen (secondary N) is 2. The van der Waals surface area contributed by atoms with E-state index in [-0.39, 0.29) is 45.3 Å². The van der Waals surface area contributed by atoms with Crippen molar-refractivity contribution in [1.82, 2.24) is 19.5 Å². The number of rotatable bonds is 18. The average molecular weight is 849 g/mol. The molecule has 1 atom stereocenters. The zero-order chi connectivity index (χ0) is 43.8. The fourth-order valence-electron chi connectivity index (χ4n) is 7.03. The van der Waals surface area contributed by atoms with Gasteiger partial charge in [-0.3, -0.25) is 19.2 Å². The molecule has 4 amide bonds. The van der Waals surface area contributed by atoms with Crippen molar-refractivity contribution in [1.29, 1.82) is 0 Å². The molecule has 0 saturated carbocycles. The maximum Gasteiger partial charge on any atom is 0.510 e. The van der Waals surface area contributed by atoms with Crippen molar-refractivity contribution in [2.45, 2.75) is 65.3 Å². The van der Waals surface area contributed by atoms with Crippen LogP contribution in [-0.2, 0) is 72.5 Å². The summed E-state index contributed by atoms with van der Waals surface area (Å²) in [4.78, 5) is 80.8. The number of para-hydroxylation sites is 1. The molecule has 0 bridgehead atoms. The quantitative estimate of drug-likeness (QED) is 0.123. The molecule has 2 aliphatic heterocycles. The Hall–Kier alpha value is -6.18. The van der Waals surface area contributed by atoms with Gasteiger partial charge in [-0.25, -0.2) is 23.0 Å². The molecule has 5 rings (SSSR count). The normalized spacial score (nSPS) is 17.1. The van der Waals surface area contributed by atoms with Crippen LogP contribution in [0, 0.1) is 0 Å². The van der Waals surface area contributed by atoms with Gasteiger partial charge in [-0.2, -0.15) is 4.31 Å². The third-order valence-corrected chi connectivity index (χ3v) is 11.4. The van der Waals surface area contributed by atoms with Crippen LogP contribution >= 0.6 is 0 Å². The smallest absolute Gasteiger partial charge is 0.458 e. The molecule has 3 heterocycles. The number of anilines is 1. The van der Waals surface area contributed by atoms with E-state index in [9.17, 15) is 37.2 Å². The van der Waals surface area contributed by atoms with Gasteiger partial charge in [-0.1, -0.05) is 37.3 Å². The van der Waals surface area contributed by atoms with Gasteiger partial charge in [0.1, 0.15) is 26.4 Å². The highest BCUT2D eigenvalue weighted by molar-refractivity contribution is 7.88. The van der Waals surface area contributed by atoms with Crippen molar-refractivity contribution >= 4 is 68.6 Å². The fourth-order valence-corrected chi connectivity index (χ4v) is 8.22. The number of amides is 4. The molecule has 18 nitrogen and oxygen atoms in total. The van der Waals surface area contributed by atoms with Crippen LogP contribution in [0.25, 0.3) is 16.6 Å². The lowest BCUT2D eigenvalue weighted by Crippen LogP contribution is -2.49. The van der Waals surface area contributed by atoms with Crippen molar-refractivity contribution in [2.24, 2.45) is 5.73 Å². The number of hydrogen-bond donors (Lipinski definition) is 3. The lowest BCUT2D eigenvalue weighted by Gasteiger charge is -2.35. The first kappa shape index (κ1) is 44.9. The monoisotopic (exact) mass is 848 g/mol. The molecular weight excluding hydrogens is 801 g/mol. The van der Waals surface area contributed by atoms with Gasteiger partial charge in [-0.05, 0) is 74.6 Å². The third kappa shape index (κ3) is 10.5. The maximum absolute atomic E-state index is 13.6. The molecule has 0 unspecified atom stereocenters. The number of benzene rings is 2. The summed E-state index contributed by atoms with van der Waals surface area (Å²) in [6.07, 6.45) is 2.57. The summed E-state index contributed by atoms with van der Waals surface area (Å²) < 4.78 is 48.2. The number of sulfonamides is 1. The summed E-state index contributed by atoms with van der Waals surface area (Å²) in [7, 11) is -3.52. The van der Waals surface area contributed by atoms with Gasteiger partial charge in [0.15, 0.2) is 0 Å². The zero-order valence-electron chi connectivity index (χ0n) is 33.9. The Kier molecular flexibility index (Phi) is 14.4. The summed E-state index contributed by atoms with van der Waals surface area (Å²) in [5, 5.41) is 5.77. The molecule has 0 saturated heterocycles. The summed E-state index contributed by atoms with van der Waals surface area (Å²) in [5.41, 5.74) is 7.76. The van der Waals surface area contributed by atoms with Crippen LogP contribution in [0.5, 0.6) is 0 Å². The summed E-state index contributed by atoms with van der Waals surface area (Å²) in [5.74, 6) is -2.71. The van der Waals surface area contributed by atoms with Crippen molar-refractivity contribution in [3.05, 3.63) is 88.1 Å². The molecule has 19 heteroatoms. The Morgan fingerprint density at radius 1 is 1.08 bits per heavy atom. The first-order valence-corrected chi connectivity index (χ1v) is 20.9. The van der Waals surface area contributed by atoms with Gasteiger partial charge in [0.05, 0.1) is 36.3 Å². The Labute approximate surface area is 347 Å². The predicted molar refractivity (Wildman–Crippen MR) is 218 cm³/mol. The van der Waals surface area contributed by atoms with Crippen LogP contribution in [-0.4, -0.2) is 110 Å². The Morgan fingerprint density at radius 2 is 1.80 bits per heavy atom. The molecule has 4 N–H and O–H groups in total. The largest absolute Gasteiger partial charge is 0.510 e. The molecular formula is C41H48N6O12S. The number of cyclic esters (lactones) is 1. The topological polar surface area (TPSA) is 243 Å². The number of ether oxygens (including phenoxy) is 4. The van der Waals surface area contributed by atoms with Gasteiger partial charge >= 0.3 is 12.1 Å². The number of carbonyl (C=O) groups is 6. The SMILES string of the molecule is CC[C@@]1(OC(=O)OCc2ccc(NC(=O)CNC(=O)COCC(N)=O)cc2)C(=O)OCC(C)=C1/C=C1/c2nc3ccccc3c(CCN(C(C)C)S(C)(=O)=O)c2CN1C=O. The number of carbonyl (C=O) groups excluding carboxylic acids is 6. The van der Waals surface area contributed by atoms with Crippen molar-refractivity contribution in [2.75, 3.05) is 44.5 Å². The van der Waals surface area contributed by atoms with E-state index in [1.54, 1.807) is 58.0 Å². The molecule has 2 aromatic carbocycles. The van der Waals surface area contributed by atoms with Crippen molar-refractivity contribution in [3.8, 4) is 0 Å². The van der Waals surface area contributed by atoms with E-state index in [1.807, 2.05) is 24.3 Å². The Bertz CT molecular complexity index is 2340. The summed E-state index contributed by atoms with van der Waals surface area (Å²) >= 11 is 0. The zero-order valence-corrected chi connectivity index (χ0v) is 34.8.